The van der Waals surface area contributed by atoms with Gasteiger partial charge in [0, 0.05) is 0 Å². The quantitative estimate of drug-likeness (QED) is 0.747. The van der Waals surface area contributed by atoms with Crippen LogP contribution in [0.2, 0.25) is 0 Å². The maximum absolute atomic E-state index is 5.82. The molecule has 0 bridgehead atoms. The van der Waals surface area contributed by atoms with E-state index in [1.165, 1.54) is 11.1 Å². The van der Waals surface area contributed by atoms with Crippen molar-refractivity contribution in [2.75, 3.05) is 0 Å². The van der Waals surface area contributed by atoms with Crippen molar-refractivity contribution < 1.29 is 4.74 Å². The summed E-state index contributed by atoms with van der Waals surface area (Å²) < 4.78 is 5.82. The number of hydrogen-bond acceptors (Lipinski definition) is 1. The van der Waals surface area contributed by atoms with Crippen LogP contribution in [-0.4, -0.2) is 0 Å². The molecule has 0 fully saturated rings. The molecule has 0 N–H and O–H groups in total. The number of rotatable bonds is 3. The lowest BCUT2D eigenvalue weighted by molar-refractivity contribution is 0.227. The number of aryl methyl sites for hydroxylation is 1. The highest BCUT2D eigenvalue weighted by atomic mass is 16.5. The molecule has 2 aromatic carbocycles. The highest BCUT2D eigenvalue weighted by Crippen LogP contribution is 2.21. The van der Waals surface area contributed by atoms with Gasteiger partial charge in [-0.1, -0.05) is 42.0 Å². The molecule has 0 heterocycles. The van der Waals surface area contributed by atoms with Crippen LogP contribution in [0.15, 0.2) is 48.5 Å². The van der Waals surface area contributed by atoms with Crippen molar-refractivity contribution in [1.82, 2.24) is 0 Å². The molecule has 1 radical (unpaired) electrons. The molecule has 0 aliphatic heterocycles. The van der Waals surface area contributed by atoms with Crippen LogP contribution >= 0.6 is 0 Å². The molecule has 2 aromatic rings. The molecule has 16 heavy (non-hydrogen) atoms. The van der Waals surface area contributed by atoms with E-state index in [2.05, 4.69) is 44.2 Å². The van der Waals surface area contributed by atoms with Gasteiger partial charge in [-0.25, -0.2) is 0 Å². The van der Waals surface area contributed by atoms with Crippen LogP contribution in [0.3, 0.4) is 0 Å². The van der Waals surface area contributed by atoms with E-state index >= 15 is 0 Å². The van der Waals surface area contributed by atoms with E-state index in [9.17, 15) is 0 Å². The largest absolute Gasteiger partial charge is 0.486 e. The molecular weight excluding hydrogens is 196 g/mol. The topological polar surface area (TPSA) is 9.23 Å². The molecule has 0 saturated heterocycles. The average Bonchev–Trinajstić information content (AvgIpc) is 2.31. The molecular formula is C15H15O. The monoisotopic (exact) mass is 211 g/mol. The van der Waals surface area contributed by atoms with Crippen LogP contribution in [0, 0.1) is 13.0 Å². The average molecular weight is 211 g/mol. The normalized spacial score (nSPS) is 12.1. The van der Waals surface area contributed by atoms with E-state index < -0.39 is 0 Å². The smallest absolute Gasteiger partial charge is 0.121 e. The van der Waals surface area contributed by atoms with E-state index in [-0.39, 0.29) is 6.10 Å². The fourth-order valence-corrected chi connectivity index (χ4v) is 1.56. The van der Waals surface area contributed by atoms with E-state index in [4.69, 9.17) is 4.74 Å². The minimum atomic E-state index is 0.0722. The maximum atomic E-state index is 5.82. The summed E-state index contributed by atoms with van der Waals surface area (Å²) in [5, 5.41) is 0. The number of benzene rings is 2. The van der Waals surface area contributed by atoms with Crippen molar-refractivity contribution in [3.05, 3.63) is 65.7 Å². The van der Waals surface area contributed by atoms with E-state index in [1.54, 1.807) is 0 Å². The lowest BCUT2D eigenvalue weighted by atomic mass is 10.1. The summed E-state index contributed by atoms with van der Waals surface area (Å²) in [6.07, 6.45) is 0.0722. The Morgan fingerprint density at radius 3 is 2.25 bits per heavy atom. The molecule has 0 amide bonds. The number of hydrogen-bond donors (Lipinski definition) is 0. The Morgan fingerprint density at radius 2 is 1.62 bits per heavy atom. The fourth-order valence-electron chi connectivity index (χ4n) is 1.56. The summed E-state index contributed by atoms with van der Waals surface area (Å²) in [7, 11) is 0. The summed E-state index contributed by atoms with van der Waals surface area (Å²) in [5.41, 5.74) is 2.46. The van der Waals surface area contributed by atoms with Crippen molar-refractivity contribution in [3.63, 3.8) is 0 Å². The Bertz CT molecular complexity index is 431. The summed E-state index contributed by atoms with van der Waals surface area (Å²) in [5.74, 6) is 0.881. The highest BCUT2D eigenvalue weighted by molar-refractivity contribution is 5.25. The maximum Gasteiger partial charge on any atom is 0.121 e. The first kappa shape index (κ1) is 10.7. The zero-order valence-corrected chi connectivity index (χ0v) is 9.60. The van der Waals surface area contributed by atoms with Crippen LogP contribution in [0.5, 0.6) is 5.75 Å². The Morgan fingerprint density at radius 1 is 1.00 bits per heavy atom. The zero-order valence-electron chi connectivity index (χ0n) is 9.60. The Hall–Kier alpha value is -1.76. The van der Waals surface area contributed by atoms with Gasteiger partial charge in [-0.05, 0) is 37.6 Å². The van der Waals surface area contributed by atoms with Gasteiger partial charge in [0.05, 0.1) is 0 Å². The lowest BCUT2D eigenvalue weighted by Gasteiger charge is -2.15. The number of ether oxygens (including phenoxy) is 1. The van der Waals surface area contributed by atoms with Gasteiger partial charge in [-0.15, -0.1) is 0 Å². The van der Waals surface area contributed by atoms with Gasteiger partial charge in [-0.2, -0.15) is 0 Å². The van der Waals surface area contributed by atoms with Gasteiger partial charge in [0.15, 0.2) is 0 Å². The molecule has 1 unspecified atom stereocenters. The second-order valence-corrected chi connectivity index (χ2v) is 3.91. The van der Waals surface area contributed by atoms with Gasteiger partial charge >= 0.3 is 0 Å². The summed E-state index contributed by atoms with van der Waals surface area (Å²) >= 11 is 0. The molecule has 1 heteroatoms. The first-order valence-corrected chi connectivity index (χ1v) is 5.45. The second-order valence-electron chi connectivity index (χ2n) is 3.91. The van der Waals surface area contributed by atoms with Gasteiger partial charge in [0.25, 0.3) is 0 Å². The standard InChI is InChI=1S/C15H15O/c1-12-8-10-14(11-9-12)13(2)16-15-6-4-3-5-7-15/h4-11,13H,1-2H3. The molecule has 0 aliphatic carbocycles. The molecule has 0 saturated carbocycles. The first-order valence-electron chi connectivity index (χ1n) is 5.45. The third-order valence-electron chi connectivity index (χ3n) is 2.55. The summed E-state index contributed by atoms with van der Waals surface area (Å²) in [6.45, 7) is 4.14. The second kappa shape index (κ2) is 4.84. The lowest BCUT2D eigenvalue weighted by Crippen LogP contribution is -2.02. The van der Waals surface area contributed by atoms with Crippen LogP contribution in [-0.2, 0) is 0 Å². The Balaban J connectivity index is 2.09. The minimum Gasteiger partial charge on any atom is -0.486 e. The molecule has 1 atom stereocenters. The zero-order chi connectivity index (χ0) is 11.4. The predicted octanol–water partition coefficient (Wildman–Crippen LogP) is 3.94. The van der Waals surface area contributed by atoms with E-state index in [0.29, 0.717) is 0 Å². The van der Waals surface area contributed by atoms with Crippen LogP contribution in [0.1, 0.15) is 24.2 Å². The van der Waals surface area contributed by atoms with Crippen molar-refractivity contribution in [3.8, 4) is 5.75 Å². The predicted molar refractivity (Wildman–Crippen MR) is 65.5 cm³/mol. The molecule has 0 aromatic heterocycles. The van der Waals surface area contributed by atoms with Crippen LogP contribution in [0.4, 0.5) is 0 Å². The van der Waals surface area contributed by atoms with Crippen molar-refractivity contribution >= 4 is 0 Å². The fraction of sp³-hybridized carbons (Fsp3) is 0.200. The van der Waals surface area contributed by atoms with Gasteiger partial charge in [0.1, 0.15) is 11.9 Å². The van der Waals surface area contributed by atoms with Crippen molar-refractivity contribution in [2.45, 2.75) is 20.0 Å². The molecule has 0 aliphatic rings. The van der Waals surface area contributed by atoms with E-state index in [1.807, 2.05) is 24.3 Å². The molecule has 0 spiro atoms. The third-order valence-corrected chi connectivity index (χ3v) is 2.55. The van der Waals surface area contributed by atoms with Crippen molar-refractivity contribution in [2.24, 2.45) is 0 Å². The first-order chi connectivity index (χ1) is 7.75. The highest BCUT2D eigenvalue weighted by Gasteiger charge is 2.05. The van der Waals surface area contributed by atoms with Crippen LogP contribution in [0.25, 0.3) is 0 Å². The Labute approximate surface area is 96.7 Å². The molecule has 1 nitrogen and oxygen atoms in total. The van der Waals surface area contributed by atoms with Crippen LogP contribution < -0.4 is 4.74 Å². The Kier molecular flexibility index (Phi) is 3.25. The van der Waals surface area contributed by atoms with Gasteiger partial charge < -0.3 is 4.74 Å². The summed E-state index contributed by atoms with van der Waals surface area (Å²) in [6, 6.07) is 19.0. The van der Waals surface area contributed by atoms with Crippen molar-refractivity contribution in [1.29, 1.82) is 0 Å². The minimum absolute atomic E-state index is 0.0722. The van der Waals surface area contributed by atoms with E-state index in [0.717, 1.165) is 5.75 Å². The SMILES string of the molecule is Cc1ccc(C(C)Oc2cc[c]cc2)cc1. The third kappa shape index (κ3) is 2.63. The summed E-state index contributed by atoms with van der Waals surface area (Å²) in [4.78, 5) is 0. The molecule has 2 rings (SSSR count). The van der Waals surface area contributed by atoms with Gasteiger partial charge in [0.2, 0.25) is 0 Å². The van der Waals surface area contributed by atoms with Gasteiger partial charge in [-0.3, -0.25) is 0 Å². The molecule has 81 valence electrons.